The molecule has 20 heavy (non-hydrogen) atoms. The van der Waals surface area contributed by atoms with Gasteiger partial charge in [0.2, 0.25) is 0 Å². The number of nitrogens with one attached hydrogen (secondary N) is 1. The minimum Gasteiger partial charge on any atom is -0.493 e. The number of rotatable bonds is 4. The highest BCUT2D eigenvalue weighted by molar-refractivity contribution is 5.83. The SMILES string of the molecule is COc1cccc2cc(C(C)NC=C(C#N)C#N)oc12. The molecule has 1 N–H and O–H groups in total. The van der Waals surface area contributed by atoms with Crippen molar-refractivity contribution in [1.29, 1.82) is 10.5 Å². The van der Waals surface area contributed by atoms with Gasteiger partial charge in [0.1, 0.15) is 23.5 Å². The monoisotopic (exact) mass is 267 g/mol. The van der Waals surface area contributed by atoms with E-state index in [4.69, 9.17) is 19.7 Å². The van der Waals surface area contributed by atoms with Gasteiger partial charge in [-0.1, -0.05) is 12.1 Å². The molecular weight excluding hydrogens is 254 g/mol. The topological polar surface area (TPSA) is 82.0 Å². The number of fused-ring (bicyclic) bond motifs is 1. The second kappa shape index (κ2) is 5.81. The summed E-state index contributed by atoms with van der Waals surface area (Å²) in [5, 5.41) is 21.2. The number of ether oxygens (including phenoxy) is 1. The van der Waals surface area contributed by atoms with Gasteiger partial charge in [-0.15, -0.1) is 0 Å². The van der Waals surface area contributed by atoms with Crippen LogP contribution < -0.4 is 10.1 Å². The fraction of sp³-hybridized carbons (Fsp3) is 0.200. The van der Waals surface area contributed by atoms with Crippen molar-refractivity contribution >= 4 is 11.0 Å². The molecular formula is C15H13N3O2. The predicted octanol–water partition coefficient (Wildman–Crippen LogP) is 3.02. The molecule has 0 radical (unpaired) electrons. The van der Waals surface area contributed by atoms with Crippen LogP contribution in [0.4, 0.5) is 0 Å². The van der Waals surface area contributed by atoms with Crippen LogP contribution in [0.15, 0.2) is 40.5 Å². The van der Waals surface area contributed by atoms with Crippen molar-refractivity contribution in [2.24, 2.45) is 0 Å². The Kier molecular flexibility index (Phi) is 3.93. The molecule has 1 aromatic heterocycles. The summed E-state index contributed by atoms with van der Waals surface area (Å²) in [4.78, 5) is 0. The van der Waals surface area contributed by atoms with Crippen LogP contribution in [0.5, 0.6) is 5.75 Å². The number of furan rings is 1. The first kappa shape index (κ1) is 13.5. The van der Waals surface area contributed by atoms with Crippen LogP contribution in [-0.4, -0.2) is 7.11 Å². The van der Waals surface area contributed by atoms with Crippen molar-refractivity contribution in [3.8, 4) is 17.9 Å². The summed E-state index contributed by atoms with van der Waals surface area (Å²) in [5.74, 6) is 1.38. The molecule has 100 valence electrons. The van der Waals surface area contributed by atoms with E-state index in [1.165, 1.54) is 6.20 Å². The van der Waals surface area contributed by atoms with Crippen molar-refractivity contribution in [2.75, 3.05) is 7.11 Å². The number of methoxy groups -OCH3 is 1. The Labute approximate surface area is 116 Å². The number of nitriles is 2. The normalized spacial score (nSPS) is 11.2. The highest BCUT2D eigenvalue weighted by Crippen LogP contribution is 2.30. The third-order valence-corrected chi connectivity index (χ3v) is 2.89. The molecule has 1 unspecified atom stereocenters. The van der Waals surface area contributed by atoms with Gasteiger partial charge in [-0.3, -0.25) is 0 Å². The first-order valence-corrected chi connectivity index (χ1v) is 6.02. The van der Waals surface area contributed by atoms with Crippen LogP contribution in [0.25, 0.3) is 11.0 Å². The van der Waals surface area contributed by atoms with E-state index in [9.17, 15) is 0 Å². The number of allylic oxidation sites excluding steroid dienone is 1. The van der Waals surface area contributed by atoms with Gasteiger partial charge in [0, 0.05) is 11.6 Å². The highest BCUT2D eigenvalue weighted by Gasteiger charge is 2.13. The lowest BCUT2D eigenvalue weighted by molar-refractivity contribution is 0.403. The standard InChI is InChI=1S/C15H13N3O2/c1-10(18-9-11(7-16)8-17)14-6-12-4-3-5-13(19-2)15(12)20-14/h3-6,9-10,18H,1-2H3. The van der Waals surface area contributed by atoms with Gasteiger partial charge in [-0.25, -0.2) is 0 Å². The van der Waals surface area contributed by atoms with Gasteiger partial charge in [0.25, 0.3) is 0 Å². The molecule has 0 saturated carbocycles. The van der Waals surface area contributed by atoms with Crippen molar-refractivity contribution in [2.45, 2.75) is 13.0 Å². The quantitative estimate of drug-likeness (QED) is 0.861. The van der Waals surface area contributed by atoms with E-state index in [0.717, 1.165) is 5.39 Å². The van der Waals surface area contributed by atoms with E-state index in [0.29, 0.717) is 17.1 Å². The second-order valence-corrected chi connectivity index (χ2v) is 4.20. The van der Waals surface area contributed by atoms with Crippen molar-refractivity contribution < 1.29 is 9.15 Å². The van der Waals surface area contributed by atoms with E-state index in [1.807, 2.05) is 31.2 Å². The maximum atomic E-state index is 8.67. The Morgan fingerprint density at radius 2 is 2.15 bits per heavy atom. The van der Waals surface area contributed by atoms with Crippen LogP contribution in [0.2, 0.25) is 0 Å². The lowest BCUT2D eigenvalue weighted by atomic mass is 10.2. The molecule has 0 aliphatic carbocycles. The average Bonchev–Trinajstić information content (AvgIpc) is 2.92. The molecule has 0 fully saturated rings. The van der Waals surface area contributed by atoms with Gasteiger partial charge in [0.05, 0.1) is 13.2 Å². The van der Waals surface area contributed by atoms with Gasteiger partial charge in [-0.05, 0) is 19.1 Å². The van der Waals surface area contributed by atoms with E-state index < -0.39 is 0 Å². The van der Waals surface area contributed by atoms with Crippen molar-refractivity contribution in [1.82, 2.24) is 5.32 Å². The van der Waals surface area contributed by atoms with Crippen LogP contribution in [0.3, 0.4) is 0 Å². The molecule has 5 nitrogen and oxygen atoms in total. The predicted molar refractivity (Wildman–Crippen MR) is 73.6 cm³/mol. The summed E-state index contributed by atoms with van der Waals surface area (Å²) in [6, 6.07) is 11.0. The Morgan fingerprint density at radius 3 is 2.80 bits per heavy atom. The smallest absolute Gasteiger partial charge is 0.176 e. The molecule has 0 aliphatic heterocycles. The molecule has 2 rings (SSSR count). The Balaban J connectivity index is 2.28. The van der Waals surface area contributed by atoms with Crippen molar-refractivity contribution in [3.63, 3.8) is 0 Å². The zero-order valence-electron chi connectivity index (χ0n) is 11.2. The Bertz CT molecular complexity index is 716. The summed E-state index contributed by atoms with van der Waals surface area (Å²) in [5.41, 5.74) is 0.703. The van der Waals surface area contributed by atoms with Gasteiger partial charge < -0.3 is 14.5 Å². The largest absolute Gasteiger partial charge is 0.493 e. The summed E-state index contributed by atoms with van der Waals surface area (Å²) >= 11 is 0. The number of para-hydroxylation sites is 1. The van der Waals surface area contributed by atoms with E-state index in [1.54, 1.807) is 19.2 Å². The second-order valence-electron chi connectivity index (χ2n) is 4.20. The number of hydrogen-bond donors (Lipinski definition) is 1. The molecule has 1 aromatic carbocycles. The lowest BCUT2D eigenvalue weighted by Gasteiger charge is -2.07. The average molecular weight is 267 g/mol. The van der Waals surface area contributed by atoms with Crippen LogP contribution >= 0.6 is 0 Å². The molecule has 0 saturated heterocycles. The number of nitrogens with zero attached hydrogens (tertiary/aromatic N) is 2. The maximum absolute atomic E-state index is 8.67. The fourth-order valence-electron chi connectivity index (χ4n) is 1.81. The first-order chi connectivity index (χ1) is 9.69. The highest BCUT2D eigenvalue weighted by atomic mass is 16.5. The molecule has 2 aromatic rings. The molecule has 1 atom stereocenters. The van der Waals surface area contributed by atoms with Crippen LogP contribution in [-0.2, 0) is 0 Å². The number of benzene rings is 1. The zero-order chi connectivity index (χ0) is 14.5. The molecule has 0 aliphatic rings. The third-order valence-electron chi connectivity index (χ3n) is 2.89. The van der Waals surface area contributed by atoms with E-state index in [-0.39, 0.29) is 11.6 Å². The van der Waals surface area contributed by atoms with Crippen LogP contribution in [0, 0.1) is 22.7 Å². The minimum absolute atomic E-state index is 0.0190. The lowest BCUT2D eigenvalue weighted by Crippen LogP contribution is -2.11. The Hall–Kier alpha value is -2.92. The number of hydrogen-bond acceptors (Lipinski definition) is 5. The molecule has 5 heteroatoms. The molecule has 1 heterocycles. The fourth-order valence-corrected chi connectivity index (χ4v) is 1.81. The van der Waals surface area contributed by atoms with Crippen molar-refractivity contribution in [3.05, 3.63) is 41.8 Å². The summed E-state index contributed by atoms with van der Waals surface area (Å²) in [6.45, 7) is 1.88. The maximum Gasteiger partial charge on any atom is 0.176 e. The van der Waals surface area contributed by atoms with Gasteiger partial charge >= 0.3 is 0 Å². The summed E-state index contributed by atoms with van der Waals surface area (Å²) in [7, 11) is 1.59. The molecule has 0 spiro atoms. The van der Waals surface area contributed by atoms with Gasteiger partial charge in [0.15, 0.2) is 11.3 Å². The molecule has 0 bridgehead atoms. The molecule has 0 amide bonds. The van der Waals surface area contributed by atoms with E-state index >= 15 is 0 Å². The minimum atomic E-state index is -0.163. The first-order valence-electron chi connectivity index (χ1n) is 6.02. The zero-order valence-corrected chi connectivity index (χ0v) is 11.2. The summed E-state index contributed by atoms with van der Waals surface area (Å²) in [6.07, 6.45) is 1.38. The van der Waals surface area contributed by atoms with E-state index in [2.05, 4.69) is 5.32 Å². The van der Waals surface area contributed by atoms with Crippen LogP contribution in [0.1, 0.15) is 18.7 Å². The Morgan fingerprint density at radius 1 is 1.40 bits per heavy atom. The third kappa shape index (κ3) is 2.57. The van der Waals surface area contributed by atoms with Gasteiger partial charge in [-0.2, -0.15) is 10.5 Å². The summed E-state index contributed by atoms with van der Waals surface area (Å²) < 4.78 is 11.0.